The van der Waals surface area contributed by atoms with Crippen LogP contribution in [0, 0.1) is 5.92 Å². The molecule has 0 unspecified atom stereocenters. The van der Waals surface area contributed by atoms with E-state index in [1.54, 1.807) is 6.07 Å². The van der Waals surface area contributed by atoms with Gasteiger partial charge in [0.2, 0.25) is 0 Å². The normalized spacial score (nSPS) is 19.4. The van der Waals surface area contributed by atoms with Crippen molar-refractivity contribution in [3.05, 3.63) is 33.8 Å². The fraction of sp³-hybridized carbons (Fsp3) is 0.462. The molecule has 92 valence electrons. The van der Waals surface area contributed by atoms with Crippen LogP contribution in [-0.4, -0.2) is 18.5 Å². The molecule has 1 aromatic rings. The Labute approximate surface area is 112 Å². The average molecular weight is 272 g/mol. The SMILES string of the molecule is CC(C)[C@H]1COC(Cc2cccc(Cl)c2Cl)=N1. The first-order valence-electron chi connectivity index (χ1n) is 5.70. The maximum atomic E-state index is 6.13. The van der Waals surface area contributed by atoms with Gasteiger partial charge in [0.1, 0.15) is 6.61 Å². The lowest BCUT2D eigenvalue weighted by molar-refractivity contribution is 0.287. The van der Waals surface area contributed by atoms with Crippen LogP contribution in [0.25, 0.3) is 0 Å². The highest BCUT2D eigenvalue weighted by molar-refractivity contribution is 6.42. The third-order valence-corrected chi connectivity index (χ3v) is 3.73. The van der Waals surface area contributed by atoms with Crippen molar-refractivity contribution >= 4 is 29.1 Å². The predicted octanol–water partition coefficient (Wildman–Crippen LogP) is 3.99. The highest BCUT2D eigenvalue weighted by Gasteiger charge is 2.22. The molecule has 1 aliphatic rings. The molecule has 0 N–H and O–H groups in total. The first-order valence-corrected chi connectivity index (χ1v) is 6.46. The van der Waals surface area contributed by atoms with Crippen molar-refractivity contribution < 1.29 is 4.74 Å². The topological polar surface area (TPSA) is 21.6 Å². The molecule has 0 spiro atoms. The van der Waals surface area contributed by atoms with Gasteiger partial charge in [-0.15, -0.1) is 0 Å². The molecule has 1 aliphatic heterocycles. The molecule has 0 amide bonds. The fourth-order valence-corrected chi connectivity index (χ4v) is 2.11. The Balaban J connectivity index is 2.12. The first-order chi connectivity index (χ1) is 8.08. The predicted molar refractivity (Wildman–Crippen MR) is 72.2 cm³/mol. The molecule has 17 heavy (non-hydrogen) atoms. The summed E-state index contributed by atoms with van der Waals surface area (Å²) >= 11 is 12.1. The van der Waals surface area contributed by atoms with Gasteiger partial charge in [-0.05, 0) is 17.5 Å². The van der Waals surface area contributed by atoms with E-state index >= 15 is 0 Å². The van der Waals surface area contributed by atoms with Gasteiger partial charge < -0.3 is 4.74 Å². The van der Waals surface area contributed by atoms with E-state index < -0.39 is 0 Å². The number of hydrogen-bond acceptors (Lipinski definition) is 2. The smallest absolute Gasteiger partial charge is 0.188 e. The molecular formula is C13H15Cl2NO. The maximum Gasteiger partial charge on any atom is 0.188 e. The van der Waals surface area contributed by atoms with Crippen molar-refractivity contribution in [2.45, 2.75) is 26.3 Å². The van der Waals surface area contributed by atoms with Gasteiger partial charge in [-0.1, -0.05) is 49.2 Å². The van der Waals surface area contributed by atoms with E-state index in [1.165, 1.54) is 0 Å². The third kappa shape index (κ3) is 2.93. The summed E-state index contributed by atoms with van der Waals surface area (Å²) in [5, 5.41) is 1.16. The second kappa shape index (κ2) is 5.28. The Morgan fingerprint density at radius 2 is 2.18 bits per heavy atom. The van der Waals surface area contributed by atoms with Crippen molar-refractivity contribution in [3.63, 3.8) is 0 Å². The zero-order chi connectivity index (χ0) is 12.4. The van der Waals surface area contributed by atoms with Gasteiger partial charge in [-0.3, -0.25) is 0 Å². The molecule has 0 radical (unpaired) electrons. The number of benzene rings is 1. The third-order valence-electron chi connectivity index (χ3n) is 2.87. The zero-order valence-corrected chi connectivity index (χ0v) is 11.4. The Morgan fingerprint density at radius 3 is 2.82 bits per heavy atom. The largest absolute Gasteiger partial charge is 0.478 e. The molecule has 1 atom stereocenters. The van der Waals surface area contributed by atoms with Crippen molar-refractivity contribution in [1.82, 2.24) is 0 Å². The number of hydrogen-bond donors (Lipinski definition) is 0. The highest BCUT2D eigenvalue weighted by Crippen LogP contribution is 2.27. The van der Waals surface area contributed by atoms with E-state index in [-0.39, 0.29) is 6.04 Å². The summed E-state index contributed by atoms with van der Waals surface area (Å²) in [7, 11) is 0. The van der Waals surface area contributed by atoms with Gasteiger partial charge in [-0.25, -0.2) is 4.99 Å². The molecule has 0 bridgehead atoms. The number of rotatable bonds is 3. The average Bonchev–Trinajstić information content (AvgIpc) is 2.73. The van der Waals surface area contributed by atoms with Crippen LogP contribution in [0.3, 0.4) is 0 Å². The highest BCUT2D eigenvalue weighted by atomic mass is 35.5. The van der Waals surface area contributed by atoms with Gasteiger partial charge in [0.15, 0.2) is 5.90 Å². The minimum absolute atomic E-state index is 0.267. The number of nitrogens with zero attached hydrogens (tertiary/aromatic N) is 1. The molecule has 0 saturated heterocycles. The van der Waals surface area contributed by atoms with Gasteiger partial charge in [0.05, 0.1) is 22.5 Å². The molecule has 0 aliphatic carbocycles. The molecule has 2 nitrogen and oxygen atoms in total. The van der Waals surface area contributed by atoms with Gasteiger partial charge in [0.25, 0.3) is 0 Å². The van der Waals surface area contributed by atoms with Gasteiger partial charge in [0, 0.05) is 0 Å². The van der Waals surface area contributed by atoms with Gasteiger partial charge >= 0.3 is 0 Å². The van der Waals surface area contributed by atoms with Crippen LogP contribution >= 0.6 is 23.2 Å². The summed E-state index contributed by atoms with van der Waals surface area (Å²) in [5.74, 6) is 1.26. The first kappa shape index (κ1) is 12.7. The molecule has 0 saturated carbocycles. The van der Waals surface area contributed by atoms with Crippen LogP contribution in [-0.2, 0) is 11.2 Å². The quantitative estimate of drug-likeness (QED) is 0.815. The minimum Gasteiger partial charge on any atom is -0.478 e. The van der Waals surface area contributed by atoms with Crippen molar-refractivity contribution in [2.75, 3.05) is 6.61 Å². The summed E-state index contributed by atoms with van der Waals surface area (Å²) in [4.78, 5) is 4.55. The van der Waals surface area contributed by atoms with Crippen LogP contribution < -0.4 is 0 Å². The number of halogens is 2. The minimum atomic E-state index is 0.267. The summed E-state index contributed by atoms with van der Waals surface area (Å²) in [5.41, 5.74) is 0.960. The molecule has 1 heterocycles. The summed E-state index contributed by atoms with van der Waals surface area (Å²) < 4.78 is 5.57. The van der Waals surface area contributed by atoms with E-state index in [2.05, 4.69) is 18.8 Å². The van der Waals surface area contributed by atoms with E-state index in [0.717, 1.165) is 11.5 Å². The Kier molecular flexibility index (Phi) is 3.95. The lowest BCUT2D eigenvalue weighted by Crippen LogP contribution is -2.13. The van der Waals surface area contributed by atoms with E-state index in [4.69, 9.17) is 27.9 Å². The van der Waals surface area contributed by atoms with Gasteiger partial charge in [-0.2, -0.15) is 0 Å². The standard InChI is InChI=1S/C13H15Cl2NO/c1-8(2)11-7-17-12(16-11)6-9-4-3-5-10(14)13(9)15/h3-5,8,11H,6-7H2,1-2H3/t11-/m1/s1. The van der Waals surface area contributed by atoms with Crippen LogP contribution in [0.1, 0.15) is 19.4 Å². The van der Waals surface area contributed by atoms with E-state index in [0.29, 0.717) is 29.0 Å². The summed E-state index contributed by atoms with van der Waals surface area (Å²) in [6.45, 7) is 4.96. The number of aliphatic imine (C=N–C) groups is 1. The zero-order valence-electron chi connectivity index (χ0n) is 9.91. The monoisotopic (exact) mass is 271 g/mol. The van der Waals surface area contributed by atoms with Crippen molar-refractivity contribution in [2.24, 2.45) is 10.9 Å². The maximum absolute atomic E-state index is 6.13. The molecule has 2 rings (SSSR count). The summed E-state index contributed by atoms with van der Waals surface area (Å²) in [6.07, 6.45) is 0.614. The lowest BCUT2D eigenvalue weighted by atomic mass is 10.1. The molecule has 4 heteroatoms. The van der Waals surface area contributed by atoms with Crippen molar-refractivity contribution in [1.29, 1.82) is 0 Å². The Morgan fingerprint density at radius 1 is 1.41 bits per heavy atom. The lowest BCUT2D eigenvalue weighted by Gasteiger charge is -2.06. The Hall–Kier alpha value is -0.730. The van der Waals surface area contributed by atoms with Crippen LogP contribution in [0.5, 0.6) is 0 Å². The van der Waals surface area contributed by atoms with Crippen molar-refractivity contribution in [3.8, 4) is 0 Å². The van der Waals surface area contributed by atoms with Crippen LogP contribution in [0.15, 0.2) is 23.2 Å². The summed E-state index contributed by atoms with van der Waals surface area (Å²) in [6, 6.07) is 5.88. The fourth-order valence-electron chi connectivity index (χ4n) is 1.73. The second-order valence-electron chi connectivity index (χ2n) is 4.53. The molecular weight excluding hydrogens is 257 g/mol. The van der Waals surface area contributed by atoms with Crippen LogP contribution in [0.2, 0.25) is 10.0 Å². The van der Waals surface area contributed by atoms with Crippen LogP contribution in [0.4, 0.5) is 0 Å². The molecule has 0 aromatic heterocycles. The second-order valence-corrected chi connectivity index (χ2v) is 5.32. The molecule has 1 aromatic carbocycles. The number of ether oxygens (including phenoxy) is 1. The Bertz CT molecular complexity index is 443. The van der Waals surface area contributed by atoms with E-state index in [9.17, 15) is 0 Å². The van der Waals surface area contributed by atoms with E-state index in [1.807, 2.05) is 12.1 Å². The molecule has 0 fully saturated rings.